The molecular weight excluding hydrogens is 681 g/mol. The highest BCUT2D eigenvalue weighted by Crippen LogP contribution is 2.21. The monoisotopic (exact) mass is 723 g/mol. The van der Waals surface area contributed by atoms with Gasteiger partial charge in [-0.2, -0.15) is 0 Å². The van der Waals surface area contributed by atoms with Crippen molar-refractivity contribution < 1.29 is 40.3 Å². The average Bonchev–Trinajstić information content (AvgIpc) is 3.03. The fraction of sp³-hybridized carbons (Fsp3) is 0.394. The van der Waals surface area contributed by atoms with Gasteiger partial charge >= 0.3 is 0 Å². The van der Waals surface area contributed by atoms with Crippen LogP contribution in [0.4, 0.5) is 8.78 Å². The van der Waals surface area contributed by atoms with E-state index in [-0.39, 0.29) is 32.9 Å². The van der Waals surface area contributed by atoms with E-state index in [1.807, 2.05) is 13.8 Å². The molecule has 0 heterocycles. The number of hydrogen-bond donors (Lipinski definition) is 3. The van der Waals surface area contributed by atoms with Crippen LogP contribution in [0, 0.1) is 11.6 Å². The minimum atomic E-state index is -4.12. The second-order valence-electron chi connectivity index (χ2n) is 11.7. The lowest BCUT2D eigenvalue weighted by atomic mass is 9.99. The summed E-state index contributed by atoms with van der Waals surface area (Å²) in [5.74, 6) is -3.16. The zero-order valence-corrected chi connectivity index (χ0v) is 29.7. The van der Waals surface area contributed by atoms with E-state index in [1.54, 1.807) is 11.0 Å². The van der Waals surface area contributed by atoms with Gasteiger partial charge in [-0.3, -0.25) is 9.59 Å². The van der Waals surface area contributed by atoms with Gasteiger partial charge in [0, 0.05) is 58.0 Å². The number of hydrogen-bond acceptors (Lipinski definition) is 8. The van der Waals surface area contributed by atoms with Crippen molar-refractivity contribution in [2.24, 2.45) is 0 Å². The van der Waals surface area contributed by atoms with Gasteiger partial charge in [-0.1, -0.05) is 32.0 Å². The molecule has 3 rings (SSSR count). The Balaban J connectivity index is 2.00. The molecule has 3 N–H and O–H groups in total. The van der Waals surface area contributed by atoms with Gasteiger partial charge in [0.15, 0.2) is 0 Å². The first-order valence-corrected chi connectivity index (χ1v) is 18.5. The number of likely N-dealkylation sites (N-methyl/N-ethyl adjacent to an activating group) is 1. The number of nitrogens with one attached hydrogen (secondary N) is 2. The highest BCUT2D eigenvalue weighted by molar-refractivity contribution is 7.89. The highest BCUT2D eigenvalue weighted by Gasteiger charge is 2.28. The van der Waals surface area contributed by atoms with E-state index in [1.165, 1.54) is 57.5 Å². The summed E-state index contributed by atoms with van der Waals surface area (Å²) in [4.78, 5) is 30.8. The lowest BCUT2D eigenvalue weighted by Crippen LogP contribution is -2.52. The number of amides is 2. The molecule has 0 radical (unpaired) electrons. The Morgan fingerprint density at radius 3 is 1.94 bits per heavy atom. The molecule has 2 amide bonds. The van der Waals surface area contributed by atoms with Crippen LogP contribution in [-0.2, 0) is 26.5 Å². The smallest absolute Gasteiger partial charge is 0.253 e. The zero-order valence-electron chi connectivity index (χ0n) is 28.1. The van der Waals surface area contributed by atoms with Crippen LogP contribution in [0.1, 0.15) is 53.0 Å². The molecule has 0 bridgehead atoms. The molecule has 0 saturated carbocycles. The maximum atomic E-state index is 14.1. The molecule has 49 heavy (non-hydrogen) atoms. The summed E-state index contributed by atoms with van der Waals surface area (Å²) in [7, 11) is -4.21. The molecule has 2 unspecified atom stereocenters. The van der Waals surface area contributed by atoms with Crippen LogP contribution in [0.25, 0.3) is 0 Å². The fourth-order valence-corrected chi connectivity index (χ4v) is 7.15. The minimum Gasteiger partial charge on any atom is -0.390 e. The van der Waals surface area contributed by atoms with E-state index in [0.717, 1.165) is 27.5 Å². The fourth-order valence-electron chi connectivity index (χ4n) is 5.07. The predicted molar refractivity (Wildman–Crippen MR) is 181 cm³/mol. The van der Waals surface area contributed by atoms with Crippen LogP contribution >= 0.6 is 0 Å². The second kappa shape index (κ2) is 17.2. The van der Waals surface area contributed by atoms with Gasteiger partial charge in [-0.25, -0.2) is 34.9 Å². The molecule has 0 aliphatic heterocycles. The van der Waals surface area contributed by atoms with Gasteiger partial charge in [-0.05, 0) is 67.3 Å². The predicted octanol–water partition coefficient (Wildman–Crippen LogP) is 3.00. The van der Waals surface area contributed by atoms with Gasteiger partial charge in [0.25, 0.3) is 21.8 Å². The third-order valence-corrected chi connectivity index (χ3v) is 10.7. The van der Waals surface area contributed by atoms with Crippen molar-refractivity contribution in [3.8, 4) is 0 Å². The molecule has 0 aliphatic rings. The largest absolute Gasteiger partial charge is 0.390 e. The van der Waals surface area contributed by atoms with Crippen molar-refractivity contribution in [1.29, 1.82) is 0 Å². The second-order valence-corrected chi connectivity index (χ2v) is 15.6. The van der Waals surface area contributed by atoms with Gasteiger partial charge in [-0.15, -0.1) is 4.83 Å². The van der Waals surface area contributed by atoms with Crippen molar-refractivity contribution in [3.05, 3.63) is 95.1 Å². The van der Waals surface area contributed by atoms with Crippen molar-refractivity contribution in [2.75, 3.05) is 40.8 Å². The van der Waals surface area contributed by atoms with Crippen molar-refractivity contribution in [2.45, 2.75) is 55.0 Å². The Morgan fingerprint density at radius 1 is 0.816 bits per heavy atom. The molecule has 268 valence electrons. The van der Waals surface area contributed by atoms with E-state index in [2.05, 4.69) is 10.1 Å². The summed E-state index contributed by atoms with van der Waals surface area (Å²) in [6, 6.07) is 12.4. The number of rotatable bonds is 17. The Bertz CT molecular complexity index is 1800. The van der Waals surface area contributed by atoms with Crippen LogP contribution < -0.4 is 10.1 Å². The molecular formula is C33H43F2N5O7S2. The Morgan fingerprint density at radius 2 is 1.39 bits per heavy atom. The number of benzene rings is 3. The number of carbonyl (C=O) groups is 2. The molecule has 0 saturated heterocycles. The number of nitrogens with zero attached hydrogens (tertiary/aromatic N) is 3. The van der Waals surface area contributed by atoms with Gasteiger partial charge in [0.1, 0.15) is 11.6 Å². The maximum absolute atomic E-state index is 14.1. The molecule has 3 aromatic rings. The quantitative estimate of drug-likeness (QED) is 0.180. The van der Waals surface area contributed by atoms with Crippen LogP contribution in [0.3, 0.4) is 0 Å². The summed E-state index contributed by atoms with van der Waals surface area (Å²) in [5.41, 5.74) is -0.196. The molecule has 3 aromatic carbocycles. The number of halogens is 2. The lowest BCUT2D eigenvalue weighted by molar-refractivity contribution is 0.0687. The highest BCUT2D eigenvalue weighted by atomic mass is 32.2. The Hall–Kier alpha value is -3.80. The van der Waals surface area contributed by atoms with Gasteiger partial charge < -0.3 is 15.3 Å². The maximum Gasteiger partial charge on any atom is 0.253 e. The summed E-state index contributed by atoms with van der Waals surface area (Å²) in [6.07, 6.45) is -0.544. The van der Waals surface area contributed by atoms with Crippen molar-refractivity contribution in [1.82, 2.24) is 24.4 Å². The topological polar surface area (TPSA) is 156 Å². The summed E-state index contributed by atoms with van der Waals surface area (Å²) >= 11 is 0. The lowest BCUT2D eigenvalue weighted by Gasteiger charge is -2.28. The molecule has 16 heteroatoms. The standard InChI is InChI=1S/C33H43F2N5O7S2/c1-6-13-40(14-7-2)33(43)25-18-24(19-29(20-25)49(46,47)38(3)4)32(42)36-30(17-23-15-26(34)21-27(35)16-23)31(41)22-39(5)37-48(44,45)28-11-9-8-10-12-28/h8-12,15-16,18-21,30-31,37,41H,6-7,13-14,17,22H2,1-5H3,(H,36,42). The van der Waals surface area contributed by atoms with E-state index in [4.69, 9.17) is 0 Å². The molecule has 0 aliphatic carbocycles. The first-order valence-electron chi connectivity index (χ1n) is 15.6. The van der Waals surface area contributed by atoms with Gasteiger partial charge in [0.2, 0.25) is 10.0 Å². The van der Waals surface area contributed by atoms with Crippen LogP contribution in [0.15, 0.2) is 76.5 Å². The molecule has 0 aromatic heterocycles. The van der Waals surface area contributed by atoms with Crippen molar-refractivity contribution >= 4 is 31.9 Å². The normalized spacial score (nSPS) is 13.3. The third-order valence-electron chi connectivity index (χ3n) is 7.42. The first kappa shape index (κ1) is 39.6. The van der Waals surface area contributed by atoms with Crippen molar-refractivity contribution in [3.63, 3.8) is 0 Å². The van der Waals surface area contributed by atoms with E-state index in [9.17, 15) is 40.3 Å². The minimum absolute atomic E-state index is 0.0363. The zero-order chi connectivity index (χ0) is 36.5. The Kier molecular flexibility index (Phi) is 13.9. The first-order chi connectivity index (χ1) is 23.0. The third kappa shape index (κ3) is 10.8. The SMILES string of the molecule is CCCN(CCC)C(=O)c1cc(C(=O)NC(Cc2cc(F)cc(F)c2)C(O)CN(C)NS(=O)(=O)c2ccccc2)cc(S(=O)(=O)N(C)C)c1. The Labute approximate surface area is 286 Å². The number of aliphatic hydroxyl groups is 1. The number of aliphatic hydroxyl groups excluding tert-OH is 1. The van der Waals surface area contributed by atoms with E-state index in [0.29, 0.717) is 32.0 Å². The van der Waals surface area contributed by atoms with Gasteiger partial charge in [0.05, 0.1) is 21.9 Å². The number of carbonyl (C=O) groups excluding carboxylic acids is 2. The summed E-state index contributed by atoms with van der Waals surface area (Å²) in [5, 5.41) is 15.0. The number of sulfonamides is 2. The van der Waals surface area contributed by atoms with Crippen LogP contribution in [0.5, 0.6) is 0 Å². The molecule has 0 spiro atoms. The molecule has 12 nitrogen and oxygen atoms in total. The average molecular weight is 724 g/mol. The summed E-state index contributed by atoms with van der Waals surface area (Å²) in [6.45, 7) is 4.19. The number of hydrazine groups is 1. The van der Waals surface area contributed by atoms with E-state index < -0.39 is 62.2 Å². The van der Waals surface area contributed by atoms with Crippen LogP contribution in [-0.4, -0.2) is 101 Å². The summed E-state index contributed by atoms with van der Waals surface area (Å²) < 4.78 is 81.2. The molecule has 0 fully saturated rings. The van der Waals surface area contributed by atoms with Crippen LogP contribution in [0.2, 0.25) is 0 Å². The molecule has 2 atom stereocenters. The van der Waals surface area contributed by atoms with E-state index >= 15 is 0 Å².